The molecule has 1 aliphatic rings. The maximum absolute atomic E-state index is 11.5. The van der Waals surface area contributed by atoms with Crippen molar-refractivity contribution in [3.8, 4) is 0 Å². The van der Waals surface area contributed by atoms with Crippen molar-refractivity contribution in [2.24, 2.45) is 0 Å². The average Bonchev–Trinajstić information content (AvgIpc) is 2.89. The van der Waals surface area contributed by atoms with Crippen LogP contribution >= 0.6 is 0 Å². The zero-order chi connectivity index (χ0) is 10.7. The summed E-state index contributed by atoms with van der Waals surface area (Å²) in [4.78, 5) is 15.0. The zero-order valence-corrected chi connectivity index (χ0v) is 8.76. The standard InChI is InChI=1S/C9H15N5O/c1-2-10-9(15)13-6-3-8(7-13)14-11-4-5-12-14/h4-5,8H,2-3,6-7H2,1H3,(H,10,15). The summed E-state index contributed by atoms with van der Waals surface area (Å²) in [5, 5.41) is 11.0. The fourth-order valence-corrected chi connectivity index (χ4v) is 1.79. The minimum atomic E-state index is 0.00663. The summed E-state index contributed by atoms with van der Waals surface area (Å²) in [6, 6.07) is 0.231. The van der Waals surface area contributed by atoms with E-state index in [0.29, 0.717) is 13.1 Å². The Morgan fingerprint density at radius 3 is 2.93 bits per heavy atom. The van der Waals surface area contributed by atoms with E-state index in [2.05, 4.69) is 15.5 Å². The van der Waals surface area contributed by atoms with Gasteiger partial charge in [0.15, 0.2) is 0 Å². The van der Waals surface area contributed by atoms with Gasteiger partial charge in [-0.3, -0.25) is 0 Å². The number of carbonyl (C=O) groups excluding carboxylic acids is 1. The van der Waals surface area contributed by atoms with Crippen LogP contribution < -0.4 is 5.32 Å². The van der Waals surface area contributed by atoms with E-state index in [0.717, 1.165) is 13.0 Å². The van der Waals surface area contributed by atoms with Crippen LogP contribution in [0.3, 0.4) is 0 Å². The van der Waals surface area contributed by atoms with Gasteiger partial charge in [0.1, 0.15) is 0 Å². The molecule has 1 fully saturated rings. The van der Waals surface area contributed by atoms with Gasteiger partial charge in [0, 0.05) is 19.6 Å². The summed E-state index contributed by atoms with van der Waals surface area (Å²) in [5.41, 5.74) is 0. The average molecular weight is 209 g/mol. The molecule has 6 heteroatoms. The first kappa shape index (κ1) is 9.95. The van der Waals surface area contributed by atoms with Crippen LogP contribution in [0.5, 0.6) is 0 Å². The normalized spacial score (nSPS) is 20.6. The molecule has 0 aliphatic carbocycles. The summed E-state index contributed by atoms with van der Waals surface area (Å²) in [7, 11) is 0. The Hall–Kier alpha value is -1.59. The van der Waals surface area contributed by atoms with Crippen molar-refractivity contribution >= 4 is 6.03 Å². The number of amides is 2. The van der Waals surface area contributed by atoms with Gasteiger partial charge in [0.25, 0.3) is 0 Å². The highest BCUT2D eigenvalue weighted by molar-refractivity contribution is 5.74. The molecule has 6 nitrogen and oxygen atoms in total. The monoisotopic (exact) mass is 209 g/mol. The highest BCUT2D eigenvalue weighted by Gasteiger charge is 2.27. The van der Waals surface area contributed by atoms with Crippen LogP contribution in [0.4, 0.5) is 4.79 Å². The van der Waals surface area contributed by atoms with Crippen LogP contribution in [0.15, 0.2) is 12.4 Å². The molecule has 1 atom stereocenters. The molecule has 0 aromatic carbocycles. The largest absolute Gasteiger partial charge is 0.338 e. The molecule has 1 saturated heterocycles. The summed E-state index contributed by atoms with van der Waals surface area (Å²) >= 11 is 0. The molecule has 2 heterocycles. The number of nitrogens with zero attached hydrogens (tertiary/aromatic N) is 4. The third kappa shape index (κ3) is 2.08. The first-order chi connectivity index (χ1) is 7.31. The lowest BCUT2D eigenvalue weighted by Crippen LogP contribution is -2.38. The van der Waals surface area contributed by atoms with Gasteiger partial charge in [-0.05, 0) is 13.3 Å². The molecule has 2 amide bonds. The van der Waals surface area contributed by atoms with Gasteiger partial charge in [0.2, 0.25) is 0 Å². The fourth-order valence-electron chi connectivity index (χ4n) is 1.79. The van der Waals surface area contributed by atoms with Gasteiger partial charge in [0.05, 0.1) is 18.4 Å². The predicted molar refractivity (Wildman–Crippen MR) is 54.3 cm³/mol. The fraction of sp³-hybridized carbons (Fsp3) is 0.667. The van der Waals surface area contributed by atoms with Crippen molar-refractivity contribution < 1.29 is 4.79 Å². The Morgan fingerprint density at radius 1 is 1.53 bits per heavy atom. The van der Waals surface area contributed by atoms with Gasteiger partial charge in [-0.25, -0.2) is 4.79 Å². The SMILES string of the molecule is CCNC(=O)N1CCC(n2nccn2)C1. The molecule has 0 bridgehead atoms. The van der Waals surface area contributed by atoms with Crippen molar-refractivity contribution in [1.29, 1.82) is 0 Å². The second-order valence-electron chi connectivity index (χ2n) is 3.57. The Labute approximate surface area is 88.2 Å². The quantitative estimate of drug-likeness (QED) is 0.759. The number of carbonyl (C=O) groups is 1. The van der Waals surface area contributed by atoms with Crippen molar-refractivity contribution in [3.05, 3.63) is 12.4 Å². The van der Waals surface area contributed by atoms with E-state index in [1.54, 1.807) is 22.1 Å². The molecule has 1 unspecified atom stereocenters. The predicted octanol–water partition coefficient (Wildman–Crippen LogP) is 0.254. The van der Waals surface area contributed by atoms with Crippen LogP contribution in [0.25, 0.3) is 0 Å². The van der Waals surface area contributed by atoms with Crippen LogP contribution in [-0.2, 0) is 0 Å². The van der Waals surface area contributed by atoms with Gasteiger partial charge in [-0.15, -0.1) is 0 Å². The number of nitrogens with one attached hydrogen (secondary N) is 1. The van der Waals surface area contributed by atoms with Crippen molar-refractivity contribution in [2.45, 2.75) is 19.4 Å². The third-order valence-electron chi connectivity index (χ3n) is 2.54. The van der Waals surface area contributed by atoms with E-state index in [1.807, 2.05) is 6.92 Å². The van der Waals surface area contributed by atoms with Crippen molar-refractivity contribution in [1.82, 2.24) is 25.2 Å². The van der Waals surface area contributed by atoms with Gasteiger partial charge < -0.3 is 10.2 Å². The molecule has 0 saturated carbocycles. The highest BCUT2D eigenvalue weighted by Crippen LogP contribution is 2.19. The molecule has 15 heavy (non-hydrogen) atoms. The molecule has 1 aromatic rings. The number of hydrogen-bond acceptors (Lipinski definition) is 3. The Bertz CT molecular complexity index is 323. The van der Waals surface area contributed by atoms with Crippen LogP contribution in [0.1, 0.15) is 19.4 Å². The van der Waals surface area contributed by atoms with Gasteiger partial charge >= 0.3 is 6.03 Å². The molecule has 0 spiro atoms. The molecule has 2 rings (SSSR count). The van der Waals surface area contributed by atoms with Gasteiger partial charge in [-0.1, -0.05) is 0 Å². The maximum atomic E-state index is 11.5. The summed E-state index contributed by atoms with van der Waals surface area (Å²) < 4.78 is 0. The second-order valence-corrected chi connectivity index (χ2v) is 3.57. The Kier molecular flexibility index (Phi) is 2.84. The van der Waals surface area contributed by atoms with Gasteiger partial charge in [-0.2, -0.15) is 15.0 Å². The smallest absolute Gasteiger partial charge is 0.317 e. The summed E-state index contributed by atoms with van der Waals surface area (Å²) in [6.07, 6.45) is 4.25. The van der Waals surface area contributed by atoms with Crippen LogP contribution in [0.2, 0.25) is 0 Å². The number of likely N-dealkylation sites (tertiary alicyclic amines) is 1. The molecule has 0 radical (unpaired) electrons. The zero-order valence-electron chi connectivity index (χ0n) is 8.76. The van der Waals surface area contributed by atoms with E-state index in [4.69, 9.17) is 0 Å². The third-order valence-corrected chi connectivity index (χ3v) is 2.54. The minimum absolute atomic E-state index is 0.00663. The first-order valence-corrected chi connectivity index (χ1v) is 5.20. The Balaban J connectivity index is 1.92. The maximum Gasteiger partial charge on any atom is 0.317 e. The van der Waals surface area contributed by atoms with E-state index in [1.165, 1.54) is 0 Å². The van der Waals surface area contributed by atoms with E-state index in [-0.39, 0.29) is 12.1 Å². The Morgan fingerprint density at radius 2 is 2.27 bits per heavy atom. The first-order valence-electron chi connectivity index (χ1n) is 5.20. The highest BCUT2D eigenvalue weighted by atomic mass is 16.2. The van der Waals surface area contributed by atoms with Crippen LogP contribution in [-0.4, -0.2) is 45.6 Å². The molecule has 1 aromatic heterocycles. The number of rotatable bonds is 2. The van der Waals surface area contributed by atoms with E-state index >= 15 is 0 Å². The van der Waals surface area contributed by atoms with E-state index in [9.17, 15) is 4.79 Å². The lowest BCUT2D eigenvalue weighted by atomic mass is 10.3. The molecule has 1 N–H and O–H groups in total. The number of urea groups is 1. The molecular formula is C9H15N5O. The second kappa shape index (κ2) is 4.29. The summed E-state index contributed by atoms with van der Waals surface area (Å²) in [6.45, 7) is 4.05. The topological polar surface area (TPSA) is 63.1 Å². The molecule has 82 valence electrons. The summed E-state index contributed by atoms with van der Waals surface area (Å²) in [5.74, 6) is 0. The van der Waals surface area contributed by atoms with Crippen LogP contribution in [0, 0.1) is 0 Å². The van der Waals surface area contributed by atoms with Crippen molar-refractivity contribution in [3.63, 3.8) is 0 Å². The number of hydrogen-bond donors (Lipinski definition) is 1. The lowest BCUT2D eigenvalue weighted by Gasteiger charge is -2.16. The van der Waals surface area contributed by atoms with E-state index < -0.39 is 0 Å². The minimum Gasteiger partial charge on any atom is -0.338 e. The lowest BCUT2D eigenvalue weighted by molar-refractivity contribution is 0.207. The molecular weight excluding hydrogens is 194 g/mol. The number of aromatic nitrogens is 3. The molecule has 1 aliphatic heterocycles. The van der Waals surface area contributed by atoms with Crippen molar-refractivity contribution in [2.75, 3.05) is 19.6 Å².